The zero-order chi connectivity index (χ0) is 6.91. The third kappa shape index (κ3) is 1.16. The summed E-state index contributed by atoms with van der Waals surface area (Å²) in [5, 5.41) is 0. The average molecular weight is 126 g/mol. The van der Waals surface area contributed by atoms with Gasteiger partial charge in [-0.3, -0.25) is 0 Å². The van der Waals surface area contributed by atoms with Crippen molar-refractivity contribution in [2.24, 2.45) is 5.92 Å². The quantitative estimate of drug-likeness (QED) is 0.416. The van der Waals surface area contributed by atoms with Crippen molar-refractivity contribution in [1.29, 1.82) is 0 Å². The molecule has 9 heavy (non-hydrogen) atoms. The van der Waals surface area contributed by atoms with E-state index in [2.05, 4.69) is 20.4 Å². The van der Waals surface area contributed by atoms with Gasteiger partial charge in [0.15, 0.2) is 0 Å². The maximum Gasteiger partial charge on any atom is 0.0973 e. The van der Waals surface area contributed by atoms with Crippen LogP contribution in [0.2, 0.25) is 0 Å². The van der Waals surface area contributed by atoms with Crippen LogP contribution in [0.25, 0.3) is 0 Å². The van der Waals surface area contributed by atoms with Crippen molar-refractivity contribution < 1.29 is 4.74 Å². The highest BCUT2D eigenvalue weighted by Crippen LogP contribution is 2.38. The van der Waals surface area contributed by atoms with E-state index in [9.17, 15) is 0 Å². The van der Waals surface area contributed by atoms with Crippen LogP contribution >= 0.6 is 0 Å². The average Bonchev–Trinajstić information content (AvgIpc) is 2.49. The molecule has 0 spiro atoms. The Balaban J connectivity index is 2.42. The number of ether oxygens (including phenoxy) is 1. The Labute approximate surface area is 56.7 Å². The molecule has 0 saturated carbocycles. The van der Waals surface area contributed by atoms with Crippen molar-refractivity contribution in [3.63, 3.8) is 0 Å². The smallest absolute Gasteiger partial charge is 0.0973 e. The second-order valence-corrected chi connectivity index (χ2v) is 3.00. The molecule has 1 unspecified atom stereocenters. The van der Waals surface area contributed by atoms with Gasteiger partial charge < -0.3 is 4.74 Å². The van der Waals surface area contributed by atoms with E-state index in [-0.39, 0.29) is 5.60 Å². The Hall–Kier alpha value is -0.300. The SMILES string of the molecule is C=CCC1(C(C)C)CO1. The van der Waals surface area contributed by atoms with Gasteiger partial charge in [-0.1, -0.05) is 19.9 Å². The van der Waals surface area contributed by atoms with Gasteiger partial charge in [-0.25, -0.2) is 0 Å². The van der Waals surface area contributed by atoms with Crippen molar-refractivity contribution in [3.05, 3.63) is 12.7 Å². The Morgan fingerprint density at radius 2 is 2.33 bits per heavy atom. The van der Waals surface area contributed by atoms with E-state index in [1.807, 2.05) is 6.08 Å². The third-order valence-corrected chi connectivity index (χ3v) is 2.06. The first-order valence-corrected chi connectivity index (χ1v) is 3.46. The first-order valence-electron chi connectivity index (χ1n) is 3.46. The van der Waals surface area contributed by atoms with Gasteiger partial charge in [-0.15, -0.1) is 6.58 Å². The molecule has 0 aromatic rings. The lowest BCUT2D eigenvalue weighted by Gasteiger charge is -2.12. The summed E-state index contributed by atoms with van der Waals surface area (Å²) in [5.74, 6) is 0.635. The summed E-state index contributed by atoms with van der Waals surface area (Å²) in [6.07, 6.45) is 2.94. The Morgan fingerprint density at radius 3 is 2.44 bits per heavy atom. The summed E-state index contributed by atoms with van der Waals surface area (Å²) < 4.78 is 5.33. The molecule has 1 atom stereocenters. The van der Waals surface area contributed by atoms with Crippen LogP contribution in [0.15, 0.2) is 12.7 Å². The summed E-state index contributed by atoms with van der Waals surface area (Å²) in [6.45, 7) is 9.00. The van der Waals surface area contributed by atoms with E-state index >= 15 is 0 Å². The molecule has 1 rings (SSSR count). The van der Waals surface area contributed by atoms with Crippen LogP contribution in [0, 0.1) is 5.92 Å². The first kappa shape index (κ1) is 6.81. The zero-order valence-electron chi connectivity index (χ0n) is 6.18. The maximum absolute atomic E-state index is 5.33. The number of rotatable bonds is 3. The van der Waals surface area contributed by atoms with Crippen molar-refractivity contribution in [1.82, 2.24) is 0 Å². The summed E-state index contributed by atoms with van der Waals surface area (Å²) in [4.78, 5) is 0. The monoisotopic (exact) mass is 126 g/mol. The summed E-state index contributed by atoms with van der Waals surface area (Å²) in [6, 6.07) is 0. The minimum atomic E-state index is 0.182. The van der Waals surface area contributed by atoms with Crippen LogP contribution < -0.4 is 0 Å². The molecule has 0 aliphatic carbocycles. The van der Waals surface area contributed by atoms with E-state index in [0.29, 0.717) is 5.92 Å². The molecule has 1 nitrogen and oxygen atoms in total. The van der Waals surface area contributed by atoms with Crippen LogP contribution in [0.5, 0.6) is 0 Å². The molecule has 0 radical (unpaired) electrons. The van der Waals surface area contributed by atoms with Crippen LogP contribution in [0.4, 0.5) is 0 Å². The molecular weight excluding hydrogens is 112 g/mol. The second-order valence-electron chi connectivity index (χ2n) is 3.00. The third-order valence-electron chi connectivity index (χ3n) is 2.06. The molecule has 52 valence electrons. The maximum atomic E-state index is 5.33. The molecule has 1 saturated heterocycles. The summed E-state index contributed by atoms with van der Waals surface area (Å²) >= 11 is 0. The van der Waals surface area contributed by atoms with Crippen molar-refractivity contribution in [2.45, 2.75) is 25.9 Å². The van der Waals surface area contributed by atoms with Gasteiger partial charge in [0.05, 0.1) is 12.2 Å². The normalized spacial score (nSPS) is 32.8. The van der Waals surface area contributed by atoms with Gasteiger partial charge >= 0.3 is 0 Å². The standard InChI is InChI=1S/C8H14O/c1-4-5-8(6-9-8)7(2)3/h4,7H,1,5-6H2,2-3H3. The van der Waals surface area contributed by atoms with Gasteiger partial charge in [-0.05, 0) is 12.3 Å². The first-order chi connectivity index (χ1) is 4.21. The van der Waals surface area contributed by atoms with Crippen LogP contribution in [-0.2, 0) is 4.74 Å². The van der Waals surface area contributed by atoms with Crippen molar-refractivity contribution in [3.8, 4) is 0 Å². The Morgan fingerprint density at radius 1 is 1.78 bits per heavy atom. The number of hydrogen-bond donors (Lipinski definition) is 0. The fourth-order valence-electron chi connectivity index (χ4n) is 1.02. The lowest BCUT2D eigenvalue weighted by atomic mass is 9.93. The Kier molecular flexibility index (Phi) is 1.62. The molecule has 0 N–H and O–H groups in total. The van der Waals surface area contributed by atoms with Crippen LogP contribution in [0.3, 0.4) is 0 Å². The minimum Gasteiger partial charge on any atom is -0.369 e. The highest BCUT2D eigenvalue weighted by atomic mass is 16.6. The highest BCUT2D eigenvalue weighted by molar-refractivity contribution is 4.99. The van der Waals surface area contributed by atoms with Gasteiger partial charge in [-0.2, -0.15) is 0 Å². The van der Waals surface area contributed by atoms with Gasteiger partial charge in [0.25, 0.3) is 0 Å². The molecule has 1 heteroatoms. The second kappa shape index (κ2) is 2.14. The van der Waals surface area contributed by atoms with E-state index in [1.165, 1.54) is 0 Å². The van der Waals surface area contributed by atoms with E-state index in [1.54, 1.807) is 0 Å². The molecule has 0 amide bonds. The van der Waals surface area contributed by atoms with Crippen molar-refractivity contribution in [2.75, 3.05) is 6.61 Å². The molecule has 1 heterocycles. The molecule has 1 aliphatic heterocycles. The fraction of sp³-hybridized carbons (Fsp3) is 0.750. The molecule has 0 aromatic carbocycles. The molecule has 1 fully saturated rings. The lowest BCUT2D eigenvalue weighted by Crippen LogP contribution is -2.17. The number of epoxide rings is 1. The summed E-state index contributed by atoms with van der Waals surface area (Å²) in [7, 11) is 0. The largest absolute Gasteiger partial charge is 0.369 e. The topological polar surface area (TPSA) is 12.5 Å². The number of hydrogen-bond acceptors (Lipinski definition) is 1. The molecule has 0 aromatic heterocycles. The van der Waals surface area contributed by atoms with Gasteiger partial charge in [0.2, 0.25) is 0 Å². The zero-order valence-corrected chi connectivity index (χ0v) is 6.18. The predicted molar refractivity (Wildman–Crippen MR) is 38.3 cm³/mol. The minimum absolute atomic E-state index is 0.182. The van der Waals surface area contributed by atoms with E-state index in [4.69, 9.17) is 4.74 Å². The Bertz CT molecular complexity index is 112. The van der Waals surface area contributed by atoms with Gasteiger partial charge in [0.1, 0.15) is 0 Å². The van der Waals surface area contributed by atoms with Gasteiger partial charge in [0, 0.05) is 0 Å². The fourth-order valence-corrected chi connectivity index (χ4v) is 1.02. The van der Waals surface area contributed by atoms with E-state index in [0.717, 1.165) is 13.0 Å². The molecular formula is C8H14O. The van der Waals surface area contributed by atoms with Crippen molar-refractivity contribution >= 4 is 0 Å². The molecule has 0 bridgehead atoms. The van der Waals surface area contributed by atoms with E-state index < -0.39 is 0 Å². The van der Waals surface area contributed by atoms with Crippen LogP contribution in [0.1, 0.15) is 20.3 Å². The lowest BCUT2D eigenvalue weighted by molar-refractivity contribution is 0.242. The summed E-state index contributed by atoms with van der Waals surface area (Å²) in [5.41, 5.74) is 0.182. The highest BCUT2D eigenvalue weighted by Gasteiger charge is 2.45. The van der Waals surface area contributed by atoms with Crippen LogP contribution in [-0.4, -0.2) is 12.2 Å². The predicted octanol–water partition coefficient (Wildman–Crippen LogP) is 1.99. The molecule has 1 aliphatic rings.